The topological polar surface area (TPSA) is 91.4 Å². The number of ether oxygens (including phenoxy) is 3. The third kappa shape index (κ3) is 5.11. The molecule has 1 aliphatic rings. The molecule has 170 valence electrons. The number of nitrogens with zero attached hydrogens (tertiary/aromatic N) is 1. The Balaban J connectivity index is 2.20. The lowest BCUT2D eigenvalue weighted by Gasteiger charge is -2.26. The number of carbonyl (C=O) groups excluding carboxylic acids is 1. The first-order valence-corrected chi connectivity index (χ1v) is 11.8. The molecule has 1 heterocycles. The maximum atomic E-state index is 13.1. The Morgan fingerprint density at radius 1 is 1.19 bits per heavy atom. The van der Waals surface area contributed by atoms with Gasteiger partial charge in [0.2, 0.25) is 0 Å². The number of rotatable bonds is 6. The summed E-state index contributed by atoms with van der Waals surface area (Å²) in [4.78, 5) is 14.6. The monoisotopic (exact) mass is 451 g/mol. The maximum Gasteiger partial charge on any atom is 0.414 e. The number of amides is 1. The third-order valence-electron chi connectivity index (χ3n) is 4.91. The standard InChI is InChI=1S/C22H29NO7S/c1-14-19-18(16-9-7-8-10-17(16)20(14)28-13-27-5)15(12-29-31(6,25)26)11-23(19)21(24)30-22(2,3)4/h7-10,15H,11-13H2,1-6H3/t15-/m1/s1. The Hall–Kier alpha value is -2.36. The van der Waals surface area contributed by atoms with Crippen LogP contribution in [0.4, 0.5) is 10.5 Å². The summed E-state index contributed by atoms with van der Waals surface area (Å²) in [6, 6.07) is 7.65. The number of fused-ring (bicyclic) bond motifs is 3. The number of benzene rings is 2. The summed E-state index contributed by atoms with van der Waals surface area (Å²) in [6.45, 7) is 7.47. The average molecular weight is 452 g/mol. The molecule has 0 aromatic heterocycles. The zero-order chi connectivity index (χ0) is 23.0. The van der Waals surface area contributed by atoms with Crippen molar-refractivity contribution in [3.05, 3.63) is 35.4 Å². The first-order chi connectivity index (χ1) is 14.4. The van der Waals surface area contributed by atoms with E-state index >= 15 is 0 Å². The van der Waals surface area contributed by atoms with E-state index in [2.05, 4.69) is 0 Å². The van der Waals surface area contributed by atoms with Gasteiger partial charge in [-0.05, 0) is 38.6 Å². The lowest BCUT2D eigenvalue weighted by molar-refractivity contribution is 0.0517. The van der Waals surface area contributed by atoms with Gasteiger partial charge in [0, 0.05) is 30.5 Å². The molecule has 0 aliphatic carbocycles. The van der Waals surface area contributed by atoms with Crippen molar-refractivity contribution >= 4 is 32.7 Å². The van der Waals surface area contributed by atoms with Gasteiger partial charge in [-0.1, -0.05) is 24.3 Å². The first-order valence-electron chi connectivity index (χ1n) is 9.94. The second-order valence-electron chi connectivity index (χ2n) is 8.59. The van der Waals surface area contributed by atoms with Crippen LogP contribution in [0.15, 0.2) is 24.3 Å². The van der Waals surface area contributed by atoms with Gasteiger partial charge in [-0.2, -0.15) is 8.42 Å². The van der Waals surface area contributed by atoms with Gasteiger partial charge in [0.1, 0.15) is 11.4 Å². The summed E-state index contributed by atoms with van der Waals surface area (Å²) in [5.41, 5.74) is 1.56. The van der Waals surface area contributed by atoms with Gasteiger partial charge in [-0.3, -0.25) is 9.08 Å². The second-order valence-corrected chi connectivity index (χ2v) is 10.2. The number of carbonyl (C=O) groups is 1. The van der Waals surface area contributed by atoms with Crippen LogP contribution in [-0.4, -0.2) is 53.4 Å². The van der Waals surface area contributed by atoms with Crippen molar-refractivity contribution in [2.24, 2.45) is 0 Å². The minimum absolute atomic E-state index is 0.0523. The van der Waals surface area contributed by atoms with Crippen molar-refractivity contribution in [1.29, 1.82) is 0 Å². The van der Waals surface area contributed by atoms with Gasteiger partial charge in [-0.15, -0.1) is 0 Å². The Bertz CT molecular complexity index is 1090. The molecule has 0 N–H and O–H groups in total. The lowest BCUT2D eigenvalue weighted by Crippen LogP contribution is -2.36. The molecule has 9 heteroatoms. The van der Waals surface area contributed by atoms with Crippen LogP contribution < -0.4 is 9.64 Å². The average Bonchev–Trinajstić information content (AvgIpc) is 3.05. The smallest absolute Gasteiger partial charge is 0.414 e. The van der Waals surface area contributed by atoms with Gasteiger partial charge >= 0.3 is 6.09 Å². The minimum Gasteiger partial charge on any atom is -0.467 e. The van der Waals surface area contributed by atoms with Crippen molar-refractivity contribution in [3.63, 3.8) is 0 Å². The van der Waals surface area contributed by atoms with Crippen molar-refractivity contribution in [2.75, 3.05) is 38.2 Å². The van der Waals surface area contributed by atoms with E-state index in [1.165, 1.54) is 7.11 Å². The Labute approximate surface area is 183 Å². The molecule has 0 unspecified atom stereocenters. The fraction of sp³-hybridized carbons (Fsp3) is 0.500. The highest BCUT2D eigenvalue weighted by Gasteiger charge is 2.39. The zero-order valence-corrected chi connectivity index (χ0v) is 19.5. The van der Waals surface area contributed by atoms with E-state index < -0.39 is 21.8 Å². The molecule has 0 saturated heterocycles. The Kier molecular flexibility index (Phi) is 6.50. The van der Waals surface area contributed by atoms with E-state index in [4.69, 9.17) is 18.4 Å². The molecule has 2 aromatic carbocycles. The summed E-state index contributed by atoms with van der Waals surface area (Å²) in [5, 5.41) is 1.72. The highest BCUT2D eigenvalue weighted by atomic mass is 32.2. The van der Waals surface area contributed by atoms with Crippen LogP contribution in [0.25, 0.3) is 10.8 Å². The molecule has 0 bridgehead atoms. The number of methoxy groups -OCH3 is 1. The van der Waals surface area contributed by atoms with E-state index in [1.54, 1.807) is 25.7 Å². The molecular formula is C22H29NO7S. The molecule has 8 nitrogen and oxygen atoms in total. The summed E-state index contributed by atoms with van der Waals surface area (Å²) in [5.74, 6) is 0.256. The lowest BCUT2D eigenvalue weighted by atomic mass is 9.92. The van der Waals surface area contributed by atoms with Gasteiger partial charge in [0.05, 0.1) is 18.6 Å². The largest absolute Gasteiger partial charge is 0.467 e. The molecule has 0 saturated carbocycles. The van der Waals surface area contributed by atoms with Crippen molar-refractivity contribution in [2.45, 2.75) is 39.2 Å². The zero-order valence-electron chi connectivity index (χ0n) is 18.7. The fourth-order valence-corrected chi connectivity index (χ4v) is 4.26. The van der Waals surface area contributed by atoms with Gasteiger partial charge in [-0.25, -0.2) is 4.79 Å². The highest BCUT2D eigenvalue weighted by Crippen LogP contribution is 2.48. The molecule has 1 atom stereocenters. The van der Waals surface area contributed by atoms with Crippen LogP contribution in [-0.2, 0) is 23.8 Å². The summed E-state index contributed by atoms with van der Waals surface area (Å²) >= 11 is 0. The van der Waals surface area contributed by atoms with Crippen LogP contribution in [0.3, 0.4) is 0 Å². The molecule has 1 amide bonds. The van der Waals surface area contributed by atoms with E-state index in [9.17, 15) is 13.2 Å². The van der Waals surface area contributed by atoms with Crippen LogP contribution >= 0.6 is 0 Å². The predicted molar refractivity (Wildman–Crippen MR) is 118 cm³/mol. The SMILES string of the molecule is COCOc1c(C)c2c(c3ccccc13)[C@@H](COS(C)(=O)=O)CN2C(=O)OC(C)(C)C. The number of anilines is 1. The predicted octanol–water partition coefficient (Wildman–Crippen LogP) is 3.95. The molecule has 31 heavy (non-hydrogen) atoms. The molecule has 2 aromatic rings. The second kappa shape index (κ2) is 8.64. The van der Waals surface area contributed by atoms with Crippen molar-refractivity contribution < 1.29 is 31.6 Å². The fourth-order valence-electron chi connectivity index (χ4n) is 3.85. The molecule has 1 aliphatic heterocycles. The van der Waals surface area contributed by atoms with E-state index in [-0.39, 0.29) is 25.9 Å². The highest BCUT2D eigenvalue weighted by molar-refractivity contribution is 7.85. The summed E-state index contributed by atoms with van der Waals surface area (Å²) in [7, 11) is -2.10. The molecule has 0 radical (unpaired) electrons. The minimum atomic E-state index is -3.64. The van der Waals surface area contributed by atoms with Crippen molar-refractivity contribution in [3.8, 4) is 5.75 Å². The van der Waals surface area contributed by atoms with Crippen molar-refractivity contribution in [1.82, 2.24) is 0 Å². The summed E-state index contributed by atoms with van der Waals surface area (Å²) in [6.07, 6.45) is 0.506. The normalized spacial score (nSPS) is 16.5. The van der Waals surface area contributed by atoms with Crippen LogP contribution in [0.1, 0.15) is 37.8 Å². The molecule has 0 fully saturated rings. The molecule has 3 rings (SSSR count). The van der Waals surface area contributed by atoms with Gasteiger partial charge in [0.25, 0.3) is 10.1 Å². The quantitative estimate of drug-likeness (QED) is 0.485. The third-order valence-corrected chi connectivity index (χ3v) is 5.48. The first kappa shape index (κ1) is 23.3. The van der Waals surface area contributed by atoms with E-state index in [1.807, 2.05) is 31.2 Å². The number of hydrogen-bond donors (Lipinski definition) is 0. The van der Waals surface area contributed by atoms with Crippen LogP contribution in [0, 0.1) is 6.92 Å². The summed E-state index contributed by atoms with van der Waals surface area (Å²) < 4.78 is 45.0. The number of hydrogen-bond acceptors (Lipinski definition) is 7. The van der Waals surface area contributed by atoms with Gasteiger partial charge in [0.15, 0.2) is 6.79 Å². The molecule has 0 spiro atoms. The van der Waals surface area contributed by atoms with Crippen LogP contribution in [0.2, 0.25) is 0 Å². The van der Waals surface area contributed by atoms with E-state index in [0.717, 1.165) is 28.2 Å². The maximum absolute atomic E-state index is 13.1. The van der Waals surface area contributed by atoms with E-state index in [0.29, 0.717) is 11.4 Å². The Morgan fingerprint density at radius 2 is 1.84 bits per heavy atom. The molecular weight excluding hydrogens is 422 g/mol. The van der Waals surface area contributed by atoms with Gasteiger partial charge < -0.3 is 14.2 Å². The van der Waals surface area contributed by atoms with Crippen LogP contribution in [0.5, 0.6) is 5.75 Å². The Morgan fingerprint density at radius 3 is 2.42 bits per heavy atom.